The fraction of sp³-hybridized carbons (Fsp3) is 0.350. The van der Waals surface area contributed by atoms with Crippen LogP contribution < -0.4 is 0 Å². The average Bonchev–Trinajstić information content (AvgIpc) is 3.10. The fourth-order valence-corrected chi connectivity index (χ4v) is 5.78. The Hall–Kier alpha value is -6.03. The minimum atomic E-state index is -0.925. The zero-order chi connectivity index (χ0) is 42.0. The first-order valence-corrected chi connectivity index (χ1v) is 18.3. The van der Waals surface area contributed by atoms with Crippen molar-refractivity contribution in [2.75, 3.05) is 26.2 Å². The van der Waals surface area contributed by atoms with E-state index in [1.807, 2.05) is 0 Å². The number of nitriles is 2. The number of carbonyl (C=O) groups is 2. The van der Waals surface area contributed by atoms with E-state index in [4.69, 9.17) is 50.7 Å². The van der Waals surface area contributed by atoms with E-state index >= 15 is 0 Å². The number of rotatable bonds is 2. The van der Waals surface area contributed by atoms with E-state index in [0.717, 1.165) is 0 Å². The molecule has 2 saturated heterocycles. The quantitative estimate of drug-likeness (QED) is 0.117. The van der Waals surface area contributed by atoms with Crippen molar-refractivity contribution in [3.05, 3.63) is 105 Å². The molecule has 0 unspecified atom stereocenters. The number of carbonyl (C=O) groups excluding carboxylic acids is 2. The van der Waals surface area contributed by atoms with Gasteiger partial charge < -0.3 is 19.3 Å². The van der Waals surface area contributed by atoms with Crippen LogP contribution in [-0.2, 0) is 20.3 Å². The molecule has 57 heavy (non-hydrogen) atoms. The number of nitrogens with zero attached hydrogens (tertiary/aromatic N) is 10. The van der Waals surface area contributed by atoms with Crippen LogP contribution in [0.25, 0.3) is 0 Å². The van der Waals surface area contributed by atoms with E-state index in [2.05, 4.69) is 59.8 Å². The van der Waals surface area contributed by atoms with Gasteiger partial charge in [0.05, 0.1) is 49.7 Å². The summed E-state index contributed by atoms with van der Waals surface area (Å²) in [4.78, 5) is 50.8. The number of hydrogen-bond acceptors (Lipinski definition) is 12. The minimum absolute atomic E-state index is 0.110. The third-order valence-electron chi connectivity index (χ3n) is 7.80. The fourth-order valence-electron chi connectivity index (χ4n) is 5.31. The lowest BCUT2D eigenvalue weighted by molar-refractivity contribution is -0.00184. The minimum Gasteiger partial charge on any atom is -0.444 e. The Bertz CT molecular complexity index is 2280. The van der Waals surface area contributed by atoms with E-state index in [1.54, 1.807) is 90.3 Å². The van der Waals surface area contributed by atoms with Crippen molar-refractivity contribution in [2.45, 2.75) is 63.6 Å². The third kappa shape index (κ3) is 11.7. The molecular weight excluding hydrogens is 791 g/mol. The summed E-state index contributed by atoms with van der Waals surface area (Å²) in [6.07, 6.45) is 10.8. The molecule has 2 aliphatic heterocycles. The Balaban J connectivity index is 0.000000217. The van der Waals surface area contributed by atoms with E-state index in [9.17, 15) is 20.1 Å². The second-order valence-corrected chi connectivity index (χ2v) is 15.7. The number of ether oxygens (including phenoxy) is 2. The highest BCUT2D eigenvalue weighted by atomic mass is 35.5. The molecule has 0 radical (unpaired) electrons. The van der Waals surface area contributed by atoms with Gasteiger partial charge in [-0.2, -0.15) is 10.5 Å². The lowest BCUT2D eigenvalue weighted by atomic mass is 9.76. The van der Waals surface area contributed by atoms with Crippen LogP contribution in [0.2, 0.25) is 15.7 Å². The number of likely N-dealkylation sites (tertiary alicyclic amines) is 2. The van der Waals surface area contributed by atoms with Gasteiger partial charge >= 0.3 is 12.2 Å². The van der Waals surface area contributed by atoms with Gasteiger partial charge in [0, 0.05) is 35.9 Å². The maximum absolute atomic E-state index is 12.2. The first-order chi connectivity index (χ1) is 26.8. The Morgan fingerprint density at radius 1 is 0.684 bits per heavy atom. The third-order valence-corrected chi connectivity index (χ3v) is 8.37. The molecule has 4 aromatic heterocycles. The van der Waals surface area contributed by atoms with Crippen molar-refractivity contribution in [1.29, 1.82) is 10.5 Å². The average molecular weight is 828 g/mol. The molecule has 6 heterocycles. The van der Waals surface area contributed by atoms with Crippen molar-refractivity contribution < 1.29 is 19.1 Å². The summed E-state index contributed by atoms with van der Waals surface area (Å²) >= 11 is 16.5. The van der Waals surface area contributed by atoms with Gasteiger partial charge in [-0.1, -0.05) is 23.4 Å². The van der Waals surface area contributed by atoms with E-state index in [0.29, 0.717) is 33.4 Å². The molecule has 0 atom stereocenters. The number of terminal acetylenes is 1. The molecule has 0 N–H and O–H groups in total. The zero-order valence-electron chi connectivity index (χ0n) is 31.9. The Labute approximate surface area is 346 Å². The SMILES string of the molecule is C#Cc1cccnc1C1(C#N)CN(C(=O)OC(C)(C)C)C1.CC(C)(C)OC(=O)N1CC(C#N)(c2ncccc2C#Cc2ccnc(Cl)n2)C1.Clc1ccnc(Cl)n1. The van der Waals surface area contributed by atoms with Gasteiger partial charge in [-0.25, -0.2) is 29.5 Å². The standard InChI is InChI=1S/C20H18ClN5O2.C16H17N3O2.C4H2Cl2N2/c1-19(2,3)28-18(27)26-12-20(11-22,13-26)16-14(5-4-9-23-16)6-7-15-8-10-24-17(21)25-15;1-5-12-7-6-8-18-13(12)16(9-17)10-19(11-16)14(20)21-15(2,3)4;5-3-1-2-7-4(6)8-3/h4-5,8-10H,12-13H2,1-3H3;1,6-8H,10-11H2,2-4H3;1-2H. The lowest BCUT2D eigenvalue weighted by Gasteiger charge is -2.45. The van der Waals surface area contributed by atoms with Crippen LogP contribution in [0.1, 0.15) is 69.8 Å². The summed E-state index contributed by atoms with van der Waals surface area (Å²) in [6.45, 7) is 11.7. The number of halogens is 3. The van der Waals surface area contributed by atoms with Gasteiger partial charge in [-0.3, -0.25) is 9.97 Å². The molecule has 292 valence electrons. The first kappa shape index (κ1) is 43.7. The molecule has 6 rings (SSSR count). The molecular formula is C40H37Cl3N10O4. The van der Waals surface area contributed by atoms with Gasteiger partial charge in [-0.05, 0) is 107 Å². The predicted molar refractivity (Wildman–Crippen MR) is 212 cm³/mol. The van der Waals surface area contributed by atoms with Crippen LogP contribution in [0, 0.1) is 46.8 Å². The molecule has 17 heteroatoms. The van der Waals surface area contributed by atoms with Crippen molar-refractivity contribution in [2.24, 2.45) is 0 Å². The van der Waals surface area contributed by atoms with Gasteiger partial charge in [0.1, 0.15) is 32.9 Å². The normalized spacial score (nSPS) is 14.6. The van der Waals surface area contributed by atoms with Crippen LogP contribution >= 0.6 is 34.8 Å². The maximum Gasteiger partial charge on any atom is 0.410 e. The maximum atomic E-state index is 12.2. The van der Waals surface area contributed by atoms with Crippen molar-refractivity contribution in [3.63, 3.8) is 0 Å². The van der Waals surface area contributed by atoms with Crippen LogP contribution in [-0.4, -0.2) is 89.3 Å². The van der Waals surface area contributed by atoms with E-state index < -0.39 is 34.2 Å². The number of pyridine rings is 2. The molecule has 2 aliphatic rings. The summed E-state index contributed by atoms with van der Waals surface area (Å²) in [7, 11) is 0. The van der Waals surface area contributed by atoms with Crippen molar-refractivity contribution in [1.82, 2.24) is 39.7 Å². The first-order valence-electron chi connectivity index (χ1n) is 17.1. The highest BCUT2D eigenvalue weighted by Crippen LogP contribution is 2.36. The number of amides is 2. The lowest BCUT2D eigenvalue weighted by Crippen LogP contribution is -2.61. The van der Waals surface area contributed by atoms with Gasteiger partial charge in [0.15, 0.2) is 0 Å². The van der Waals surface area contributed by atoms with Crippen LogP contribution in [0.15, 0.2) is 61.2 Å². The summed E-state index contributed by atoms with van der Waals surface area (Å²) in [5.74, 6) is 8.45. The Morgan fingerprint density at radius 2 is 1.14 bits per heavy atom. The van der Waals surface area contributed by atoms with Crippen molar-refractivity contribution in [3.8, 4) is 36.3 Å². The zero-order valence-corrected chi connectivity index (χ0v) is 34.2. The van der Waals surface area contributed by atoms with Gasteiger partial charge in [0.2, 0.25) is 10.6 Å². The van der Waals surface area contributed by atoms with E-state index in [1.165, 1.54) is 22.2 Å². The molecule has 0 aliphatic carbocycles. The van der Waals surface area contributed by atoms with E-state index in [-0.39, 0.29) is 36.7 Å². The summed E-state index contributed by atoms with van der Waals surface area (Å²) < 4.78 is 10.7. The molecule has 4 aromatic rings. The van der Waals surface area contributed by atoms with Crippen LogP contribution in [0.4, 0.5) is 9.59 Å². The Morgan fingerprint density at radius 3 is 1.54 bits per heavy atom. The van der Waals surface area contributed by atoms with Crippen molar-refractivity contribution >= 4 is 47.0 Å². The molecule has 14 nitrogen and oxygen atoms in total. The molecule has 0 spiro atoms. The summed E-state index contributed by atoms with van der Waals surface area (Å²) in [6, 6.07) is 14.8. The van der Waals surface area contributed by atoms with Gasteiger partial charge in [-0.15, -0.1) is 6.42 Å². The number of hydrogen-bond donors (Lipinski definition) is 0. The topological polar surface area (TPSA) is 184 Å². The molecule has 2 fully saturated rings. The highest BCUT2D eigenvalue weighted by molar-refractivity contribution is 6.31. The smallest absolute Gasteiger partial charge is 0.410 e. The van der Waals surface area contributed by atoms with Gasteiger partial charge in [0.25, 0.3) is 0 Å². The van der Waals surface area contributed by atoms with Crippen LogP contribution in [0.3, 0.4) is 0 Å². The molecule has 0 aromatic carbocycles. The second-order valence-electron chi connectivity index (χ2n) is 14.6. The second kappa shape index (κ2) is 18.3. The molecule has 0 saturated carbocycles. The number of aromatic nitrogens is 6. The summed E-state index contributed by atoms with van der Waals surface area (Å²) in [5, 5.41) is 20.0. The molecule has 2 amide bonds. The highest BCUT2D eigenvalue weighted by Gasteiger charge is 2.51. The predicted octanol–water partition coefficient (Wildman–Crippen LogP) is 6.80. The van der Waals surface area contributed by atoms with Crippen LogP contribution in [0.5, 0.6) is 0 Å². The Kier molecular flexibility index (Phi) is 14.0. The largest absolute Gasteiger partial charge is 0.444 e. The molecule has 0 bridgehead atoms. The summed E-state index contributed by atoms with van der Waals surface area (Å²) in [5.41, 5.74) is -0.194. The monoisotopic (exact) mass is 826 g/mol.